The molecule has 0 saturated carbocycles. The van der Waals surface area contributed by atoms with Crippen LogP contribution in [0.25, 0.3) is 11.0 Å². The van der Waals surface area contributed by atoms with E-state index < -0.39 is 7.60 Å². The topological polar surface area (TPSA) is 53.4 Å². The molecule has 1 heterocycles. The smallest absolute Gasteiger partial charge is 0.330 e. The molecule has 0 atom stereocenters. The maximum absolute atomic E-state index is 12.6. The van der Waals surface area contributed by atoms with Crippen LogP contribution in [-0.4, -0.2) is 40.7 Å². The monoisotopic (exact) mass is 350 g/mol. The summed E-state index contributed by atoms with van der Waals surface area (Å²) in [5.74, 6) is 0.532. The molecule has 0 amide bonds. The lowest BCUT2D eigenvalue weighted by atomic mass is 10.3. The van der Waals surface area contributed by atoms with Gasteiger partial charge in [-0.05, 0) is 12.1 Å². The molecule has 5 nitrogen and oxygen atoms in total. The number of hydrogen-bond acceptors (Lipinski definition) is 4. The van der Waals surface area contributed by atoms with E-state index in [0.717, 1.165) is 11.0 Å². The number of imidazole rings is 1. The molecule has 0 aliphatic rings. The summed E-state index contributed by atoms with van der Waals surface area (Å²) >= 11 is 11.2. The van der Waals surface area contributed by atoms with Gasteiger partial charge in [0.05, 0.1) is 36.7 Å². The van der Waals surface area contributed by atoms with E-state index in [4.69, 9.17) is 32.2 Å². The summed E-state index contributed by atoms with van der Waals surface area (Å²) in [7, 11) is -3.19. The van der Waals surface area contributed by atoms with E-state index in [1.807, 2.05) is 28.8 Å². The number of aromatic nitrogens is 2. The van der Waals surface area contributed by atoms with Crippen LogP contribution >= 0.6 is 30.8 Å². The minimum Gasteiger partial charge on any atom is -0.330 e. The van der Waals surface area contributed by atoms with Crippen molar-refractivity contribution >= 4 is 41.8 Å². The third-order valence-corrected chi connectivity index (χ3v) is 5.08. The molecule has 0 unspecified atom stereocenters. The van der Waals surface area contributed by atoms with E-state index in [9.17, 15) is 4.57 Å². The molecule has 0 fully saturated rings. The fourth-order valence-corrected chi connectivity index (χ4v) is 3.83. The van der Waals surface area contributed by atoms with E-state index in [1.54, 1.807) is 6.33 Å². The van der Waals surface area contributed by atoms with Crippen molar-refractivity contribution in [2.75, 3.05) is 31.1 Å². The molecule has 0 aliphatic carbocycles. The number of para-hydroxylation sites is 2. The first-order chi connectivity index (χ1) is 10.2. The van der Waals surface area contributed by atoms with Crippen molar-refractivity contribution in [3.05, 3.63) is 30.6 Å². The number of rotatable bonds is 9. The molecule has 0 saturated heterocycles. The number of hydrogen-bond donors (Lipinski definition) is 0. The Morgan fingerprint density at radius 1 is 1.14 bits per heavy atom. The lowest BCUT2D eigenvalue weighted by molar-refractivity contribution is 0.221. The van der Waals surface area contributed by atoms with Crippen molar-refractivity contribution in [2.24, 2.45) is 0 Å². The molecule has 0 aliphatic heterocycles. The van der Waals surface area contributed by atoms with Gasteiger partial charge in [0, 0.05) is 18.3 Å². The van der Waals surface area contributed by atoms with E-state index in [2.05, 4.69) is 4.98 Å². The zero-order chi connectivity index (χ0) is 15.1. The maximum Gasteiger partial charge on any atom is 0.332 e. The van der Waals surface area contributed by atoms with Gasteiger partial charge in [-0.15, -0.1) is 23.2 Å². The Morgan fingerprint density at radius 2 is 1.81 bits per heavy atom. The highest BCUT2D eigenvalue weighted by Gasteiger charge is 2.24. The van der Waals surface area contributed by atoms with Crippen LogP contribution in [0.1, 0.15) is 0 Å². The number of alkyl halides is 2. The average molecular weight is 351 g/mol. The fourth-order valence-electron chi connectivity index (χ4n) is 1.93. The SMILES string of the molecule is O=P(CCn1cnc2ccccc21)(OCCCl)OCCCl. The minimum atomic E-state index is -3.19. The number of fused-ring (bicyclic) bond motifs is 1. The van der Waals surface area contributed by atoms with Crippen molar-refractivity contribution in [2.45, 2.75) is 6.54 Å². The highest BCUT2D eigenvalue weighted by molar-refractivity contribution is 7.53. The Balaban J connectivity index is 2.05. The van der Waals surface area contributed by atoms with Crippen molar-refractivity contribution in [3.8, 4) is 0 Å². The minimum absolute atomic E-state index is 0.186. The molecule has 0 radical (unpaired) electrons. The molecular weight excluding hydrogens is 334 g/mol. The zero-order valence-electron chi connectivity index (χ0n) is 11.5. The lowest BCUT2D eigenvalue weighted by Gasteiger charge is -2.18. The first kappa shape index (κ1) is 16.8. The predicted octanol–water partition coefficient (Wildman–Crippen LogP) is 3.74. The van der Waals surface area contributed by atoms with Gasteiger partial charge in [-0.2, -0.15) is 0 Å². The summed E-state index contributed by atoms with van der Waals surface area (Å²) in [6.07, 6.45) is 1.97. The molecule has 0 bridgehead atoms. The second kappa shape index (κ2) is 8.16. The molecule has 2 rings (SSSR count). The van der Waals surface area contributed by atoms with Crippen LogP contribution in [0, 0.1) is 0 Å². The molecule has 2 aromatic rings. The first-order valence-electron chi connectivity index (χ1n) is 6.58. The van der Waals surface area contributed by atoms with Crippen molar-refractivity contribution < 1.29 is 13.6 Å². The van der Waals surface area contributed by atoms with E-state index in [-0.39, 0.29) is 31.1 Å². The van der Waals surface area contributed by atoms with Gasteiger partial charge in [0.15, 0.2) is 0 Å². The Bertz CT molecular complexity index is 608. The van der Waals surface area contributed by atoms with Crippen LogP contribution in [-0.2, 0) is 20.2 Å². The zero-order valence-corrected chi connectivity index (χ0v) is 13.9. The summed E-state index contributed by atoms with van der Waals surface area (Å²) in [5, 5.41) is 0. The van der Waals surface area contributed by atoms with Crippen LogP contribution in [0.4, 0.5) is 0 Å². The molecule has 1 aromatic heterocycles. The van der Waals surface area contributed by atoms with Crippen molar-refractivity contribution in [1.82, 2.24) is 9.55 Å². The van der Waals surface area contributed by atoms with Gasteiger partial charge in [0.2, 0.25) is 0 Å². The number of aryl methyl sites for hydroxylation is 1. The van der Waals surface area contributed by atoms with Crippen LogP contribution < -0.4 is 0 Å². The Morgan fingerprint density at radius 3 is 2.48 bits per heavy atom. The Hall–Kier alpha value is -0.580. The predicted molar refractivity (Wildman–Crippen MR) is 85.6 cm³/mol. The van der Waals surface area contributed by atoms with Crippen LogP contribution in [0.2, 0.25) is 0 Å². The van der Waals surface area contributed by atoms with Gasteiger partial charge < -0.3 is 13.6 Å². The summed E-state index contributed by atoms with van der Waals surface area (Å²) < 4.78 is 25.1. The molecule has 0 N–H and O–H groups in total. The van der Waals surface area contributed by atoms with Crippen LogP contribution in [0.5, 0.6) is 0 Å². The molecule has 21 heavy (non-hydrogen) atoms. The third-order valence-electron chi connectivity index (χ3n) is 2.87. The fraction of sp³-hybridized carbons (Fsp3) is 0.462. The largest absolute Gasteiger partial charge is 0.332 e. The molecule has 8 heteroatoms. The first-order valence-corrected chi connectivity index (χ1v) is 9.38. The molecule has 1 aromatic carbocycles. The van der Waals surface area contributed by atoms with Gasteiger partial charge in [-0.25, -0.2) is 4.98 Å². The van der Waals surface area contributed by atoms with Crippen LogP contribution in [0.15, 0.2) is 30.6 Å². The van der Waals surface area contributed by atoms with Gasteiger partial charge >= 0.3 is 7.60 Å². The van der Waals surface area contributed by atoms with E-state index >= 15 is 0 Å². The quantitative estimate of drug-likeness (QED) is 0.510. The van der Waals surface area contributed by atoms with Crippen molar-refractivity contribution in [3.63, 3.8) is 0 Å². The number of benzene rings is 1. The highest BCUT2D eigenvalue weighted by atomic mass is 35.5. The molecular formula is C13H17Cl2N2O3P. The van der Waals surface area contributed by atoms with Gasteiger partial charge in [0.25, 0.3) is 0 Å². The average Bonchev–Trinajstić information content (AvgIpc) is 2.93. The Labute approximate surface area is 133 Å². The number of nitrogens with zero attached hydrogens (tertiary/aromatic N) is 2. The normalized spacial score (nSPS) is 12.1. The maximum atomic E-state index is 12.6. The van der Waals surface area contributed by atoms with Gasteiger partial charge in [-0.3, -0.25) is 4.57 Å². The van der Waals surface area contributed by atoms with Gasteiger partial charge in [-0.1, -0.05) is 12.1 Å². The second-order valence-electron chi connectivity index (χ2n) is 4.31. The summed E-state index contributed by atoms with van der Waals surface area (Å²) in [6, 6.07) is 7.76. The molecule has 0 spiro atoms. The standard InChI is InChI=1S/C13H17Cl2N2O3P/c14-5-8-19-21(18,20-9-6-15)10-7-17-11-16-12-3-1-2-4-13(12)17/h1-4,11H,5-10H2. The third kappa shape index (κ3) is 4.70. The van der Waals surface area contributed by atoms with Gasteiger partial charge in [0.1, 0.15) is 0 Å². The van der Waals surface area contributed by atoms with Crippen LogP contribution in [0.3, 0.4) is 0 Å². The summed E-state index contributed by atoms with van der Waals surface area (Å²) in [5.41, 5.74) is 1.88. The van der Waals surface area contributed by atoms with E-state index in [1.165, 1.54) is 0 Å². The lowest BCUT2D eigenvalue weighted by Crippen LogP contribution is -2.09. The summed E-state index contributed by atoms with van der Waals surface area (Å²) in [6.45, 7) is 0.861. The second-order valence-corrected chi connectivity index (χ2v) is 7.25. The highest BCUT2D eigenvalue weighted by Crippen LogP contribution is 2.48. The number of halogens is 2. The Kier molecular flexibility index (Phi) is 6.52. The van der Waals surface area contributed by atoms with E-state index in [0.29, 0.717) is 6.54 Å². The summed E-state index contributed by atoms with van der Waals surface area (Å²) in [4.78, 5) is 4.29. The molecule has 116 valence electrons. The van der Waals surface area contributed by atoms with Crippen molar-refractivity contribution in [1.29, 1.82) is 0 Å².